The number of rotatable bonds is 7. The molecule has 0 aliphatic heterocycles. The first-order valence-electron chi connectivity index (χ1n) is 6.61. The quantitative estimate of drug-likeness (QED) is 0.785. The molecule has 9 heteroatoms. The number of hydrogen-bond donors (Lipinski definition) is 2. The molecule has 0 amide bonds. The molecule has 3 N–H and O–H groups in total. The average molecular weight is 361 g/mol. The first-order valence-corrected chi connectivity index (χ1v) is 8.09. The predicted octanol–water partition coefficient (Wildman–Crippen LogP) is 2.92. The van der Waals surface area contributed by atoms with Crippen LogP contribution in [0.5, 0.6) is 0 Å². The number of halogens is 4. The highest BCUT2D eigenvalue weighted by Crippen LogP contribution is 2.33. The Hall–Kier alpha value is -0.830. The monoisotopic (exact) mass is 360 g/mol. The van der Waals surface area contributed by atoms with Gasteiger partial charge in [0.1, 0.15) is 0 Å². The standard InChI is InChI=1S/C13H19F3N2O2S.ClH/c1-2-3-6-10(9-17)18-21(19,20)12-8-5-4-7-11(12)13(14,15)16;/h4-5,7-8,10,18H,2-3,6,9,17H2,1H3;1H. The van der Waals surface area contributed by atoms with Crippen molar-refractivity contribution in [2.45, 2.75) is 43.3 Å². The Labute approximate surface area is 134 Å². The number of alkyl halides is 3. The second-order valence-electron chi connectivity index (χ2n) is 4.69. The molecule has 1 atom stereocenters. The summed E-state index contributed by atoms with van der Waals surface area (Å²) in [5.74, 6) is 0. The van der Waals surface area contributed by atoms with Gasteiger partial charge in [0.05, 0.1) is 10.5 Å². The fraction of sp³-hybridized carbons (Fsp3) is 0.538. The molecule has 0 fully saturated rings. The first kappa shape index (κ1) is 21.2. The molecule has 4 nitrogen and oxygen atoms in total. The maximum atomic E-state index is 12.9. The van der Waals surface area contributed by atoms with Crippen molar-refractivity contribution in [3.05, 3.63) is 29.8 Å². The van der Waals surface area contributed by atoms with Crippen LogP contribution in [0.15, 0.2) is 29.2 Å². The maximum absolute atomic E-state index is 12.9. The number of hydrogen-bond acceptors (Lipinski definition) is 3. The minimum Gasteiger partial charge on any atom is -0.329 e. The van der Waals surface area contributed by atoms with E-state index in [1.165, 1.54) is 6.07 Å². The Morgan fingerprint density at radius 1 is 1.27 bits per heavy atom. The van der Waals surface area contributed by atoms with Gasteiger partial charge in [-0.1, -0.05) is 31.9 Å². The van der Waals surface area contributed by atoms with Crippen molar-refractivity contribution in [1.29, 1.82) is 0 Å². The summed E-state index contributed by atoms with van der Waals surface area (Å²) in [4.78, 5) is -0.771. The Balaban J connectivity index is 0.00000441. The van der Waals surface area contributed by atoms with E-state index in [0.29, 0.717) is 6.42 Å². The molecule has 0 spiro atoms. The van der Waals surface area contributed by atoms with Crippen LogP contribution in [0.3, 0.4) is 0 Å². The van der Waals surface area contributed by atoms with E-state index in [2.05, 4.69) is 4.72 Å². The van der Waals surface area contributed by atoms with Crippen molar-refractivity contribution < 1.29 is 21.6 Å². The Bertz CT molecular complexity index is 565. The molecular weight excluding hydrogens is 341 g/mol. The second-order valence-corrected chi connectivity index (χ2v) is 6.37. The topological polar surface area (TPSA) is 72.2 Å². The van der Waals surface area contributed by atoms with E-state index in [1.54, 1.807) is 0 Å². The third kappa shape index (κ3) is 5.75. The van der Waals surface area contributed by atoms with Gasteiger partial charge < -0.3 is 5.73 Å². The van der Waals surface area contributed by atoms with Gasteiger partial charge in [0, 0.05) is 12.6 Å². The van der Waals surface area contributed by atoms with Gasteiger partial charge in [0.15, 0.2) is 0 Å². The van der Waals surface area contributed by atoms with E-state index in [9.17, 15) is 21.6 Å². The van der Waals surface area contributed by atoms with E-state index in [-0.39, 0.29) is 19.0 Å². The normalized spacial score (nSPS) is 13.5. The van der Waals surface area contributed by atoms with Crippen molar-refractivity contribution in [3.63, 3.8) is 0 Å². The molecular formula is C13H20ClF3N2O2S. The van der Waals surface area contributed by atoms with Gasteiger partial charge >= 0.3 is 6.18 Å². The third-order valence-electron chi connectivity index (χ3n) is 2.99. The lowest BCUT2D eigenvalue weighted by Crippen LogP contribution is -2.40. The highest BCUT2D eigenvalue weighted by atomic mass is 35.5. The van der Waals surface area contributed by atoms with E-state index in [0.717, 1.165) is 31.0 Å². The van der Waals surface area contributed by atoms with Crippen molar-refractivity contribution in [1.82, 2.24) is 4.72 Å². The van der Waals surface area contributed by atoms with Crippen LogP contribution in [0.25, 0.3) is 0 Å². The van der Waals surface area contributed by atoms with Gasteiger partial charge in [-0.25, -0.2) is 13.1 Å². The van der Waals surface area contributed by atoms with Gasteiger partial charge in [-0.3, -0.25) is 0 Å². The summed E-state index contributed by atoms with van der Waals surface area (Å²) in [6.07, 6.45) is -2.66. The fourth-order valence-corrected chi connectivity index (χ4v) is 3.40. The molecule has 128 valence electrons. The molecule has 1 aromatic rings. The summed E-state index contributed by atoms with van der Waals surface area (Å²) in [5, 5.41) is 0. The molecule has 22 heavy (non-hydrogen) atoms. The Morgan fingerprint density at radius 2 is 1.86 bits per heavy atom. The number of nitrogens with one attached hydrogen (secondary N) is 1. The van der Waals surface area contributed by atoms with E-state index in [4.69, 9.17) is 5.73 Å². The first-order chi connectivity index (χ1) is 9.72. The Morgan fingerprint density at radius 3 is 2.36 bits per heavy atom. The zero-order valence-electron chi connectivity index (χ0n) is 12.1. The van der Waals surface area contributed by atoms with Gasteiger partial charge in [-0.15, -0.1) is 12.4 Å². The molecule has 0 aliphatic carbocycles. The van der Waals surface area contributed by atoms with E-state index < -0.39 is 32.7 Å². The van der Waals surface area contributed by atoms with E-state index >= 15 is 0 Å². The third-order valence-corrected chi connectivity index (χ3v) is 4.57. The molecule has 0 saturated heterocycles. The molecule has 1 aromatic carbocycles. The second kappa shape index (κ2) is 8.71. The van der Waals surface area contributed by atoms with Crippen LogP contribution in [-0.2, 0) is 16.2 Å². The van der Waals surface area contributed by atoms with Crippen LogP contribution >= 0.6 is 12.4 Å². The molecule has 0 aliphatic rings. The molecule has 0 heterocycles. The number of unbranched alkanes of at least 4 members (excludes halogenated alkanes) is 1. The van der Waals surface area contributed by atoms with Crippen LogP contribution in [0.2, 0.25) is 0 Å². The Kier molecular flexibility index (Phi) is 8.38. The molecule has 0 bridgehead atoms. The number of nitrogens with two attached hydrogens (primary N) is 1. The highest BCUT2D eigenvalue weighted by Gasteiger charge is 2.37. The summed E-state index contributed by atoms with van der Waals surface area (Å²) in [5.41, 5.74) is 4.30. The molecule has 0 saturated carbocycles. The largest absolute Gasteiger partial charge is 0.417 e. The minimum absolute atomic E-state index is 0. The van der Waals surface area contributed by atoms with Crippen LogP contribution in [0.4, 0.5) is 13.2 Å². The smallest absolute Gasteiger partial charge is 0.329 e. The lowest BCUT2D eigenvalue weighted by atomic mass is 10.1. The fourth-order valence-electron chi connectivity index (χ4n) is 1.89. The lowest BCUT2D eigenvalue weighted by molar-refractivity contribution is -0.139. The zero-order chi connectivity index (χ0) is 16.1. The summed E-state index contributed by atoms with van der Waals surface area (Å²) < 4.78 is 65.2. The number of benzene rings is 1. The highest BCUT2D eigenvalue weighted by molar-refractivity contribution is 7.89. The molecule has 0 aromatic heterocycles. The maximum Gasteiger partial charge on any atom is 0.417 e. The van der Waals surface area contributed by atoms with Crippen LogP contribution < -0.4 is 10.5 Å². The van der Waals surface area contributed by atoms with E-state index in [1.807, 2.05) is 6.92 Å². The minimum atomic E-state index is -4.73. The van der Waals surface area contributed by atoms with Gasteiger partial charge in [-0.05, 0) is 18.6 Å². The molecule has 0 radical (unpaired) electrons. The lowest BCUT2D eigenvalue weighted by Gasteiger charge is -2.19. The van der Waals surface area contributed by atoms with Crippen molar-refractivity contribution in [2.75, 3.05) is 6.54 Å². The summed E-state index contributed by atoms with van der Waals surface area (Å²) in [7, 11) is -4.27. The van der Waals surface area contributed by atoms with Crippen LogP contribution in [0.1, 0.15) is 31.7 Å². The zero-order valence-corrected chi connectivity index (χ0v) is 13.7. The van der Waals surface area contributed by atoms with Crippen molar-refractivity contribution in [2.24, 2.45) is 5.73 Å². The summed E-state index contributed by atoms with van der Waals surface area (Å²) in [6.45, 7) is 1.97. The van der Waals surface area contributed by atoms with Crippen LogP contribution in [0, 0.1) is 0 Å². The van der Waals surface area contributed by atoms with Crippen LogP contribution in [-0.4, -0.2) is 21.0 Å². The summed E-state index contributed by atoms with van der Waals surface area (Å²) in [6, 6.07) is 3.53. The van der Waals surface area contributed by atoms with Gasteiger partial charge in [-0.2, -0.15) is 13.2 Å². The molecule has 1 rings (SSSR count). The SMILES string of the molecule is CCCCC(CN)NS(=O)(=O)c1ccccc1C(F)(F)F.Cl. The average Bonchev–Trinajstić information content (AvgIpc) is 2.42. The van der Waals surface area contributed by atoms with Crippen molar-refractivity contribution >= 4 is 22.4 Å². The van der Waals surface area contributed by atoms with Gasteiger partial charge in [0.2, 0.25) is 10.0 Å². The van der Waals surface area contributed by atoms with Gasteiger partial charge in [0.25, 0.3) is 0 Å². The number of sulfonamides is 1. The molecule has 1 unspecified atom stereocenters. The van der Waals surface area contributed by atoms with Crippen molar-refractivity contribution in [3.8, 4) is 0 Å². The predicted molar refractivity (Wildman–Crippen MR) is 81.4 cm³/mol. The summed E-state index contributed by atoms with van der Waals surface area (Å²) >= 11 is 0.